The van der Waals surface area contributed by atoms with Crippen LogP contribution in [0.2, 0.25) is 0 Å². The highest BCUT2D eigenvalue weighted by molar-refractivity contribution is 5.56. The molecule has 128 valence electrons. The molecule has 0 radical (unpaired) electrons. The second kappa shape index (κ2) is 7.16. The number of benzene rings is 1. The molecule has 0 fully saturated rings. The molecule has 0 aromatic heterocycles. The van der Waals surface area contributed by atoms with Gasteiger partial charge in [0.1, 0.15) is 6.07 Å². The van der Waals surface area contributed by atoms with E-state index in [1.54, 1.807) is 0 Å². The van der Waals surface area contributed by atoms with Crippen molar-refractivity contribution in [3.05, 3.63) is 57.8 Å². The molecule has 0 saturated heterocycles. The Hall–Kier alpha value is -2.52. The topological polar surface area (TPSA) is 73.6 Å². The van der Waals surface area contributed by atoms with Crippen LogP contribution in [0.3, 0.4) is 0 Å². The van der Waals surface area contributed by atoms with Gasteiger partial charge in [0.25, 0.3) is 0 Å². The van der Waals surface area contributed by atoms with E-state index in [4.69, 9.17) is 5.73 Å². The molecule has 0 unspecified atom stereocenters. The summed E-state index contributed by atoms with van der Waals surface area (Å²) in [6.07, 6.45) is 5.24. The monoisotopic (exact) mass is 331 g/mol. The molecule has 3 nitrogen and oxygen atoms in total. The number of nitriles is 2. The Morgan fingerprint density at radius 1 is 1.04 bits per heavy atom. The predicted octanol–water partition coefficient (Wildman–Crippen LogP) is 5.04. The van der Waals surface area contributed by atoms with E-state index in [-0.39, 0.29) is 5.92 Å². The van der Waals surface area contributed by atoms with Crippen LogP contribution in [0.15, 0.2) is 46.7 Å². The van der Waals surface area contributed by atoms with Gasteiger partial charge in [-0.2, -0.15) is 10.5 Å². The van der Waals surface area contributed by atoms with Crippen LogP contribution in [0.4, 0.5) is 0 Å². The van der Waals surface area contributed by atoms with Crippen LogP contribution in [-0.4, -0.2) is 0 Å². The molecule has 2 atom stereocenters. The van der Waals surface area contributed by atoms with Crippen LogP contribution < -0.4 is 5.73 Å². The van der Waals surface area contributed by atoms with Crippen LogP contribution in [0, 0.1) is 28.6 Å². The van der Waals surface area contributed by atoms with Crippen LogP contribution in [0.25, 0.3) is 0 Å². The summed E-state index contributed by atoms with van der Waals surface area (Å²) in [6, 6.07) is 13.3. The van der Waals surface area contributed by atoms with E-state index in [9.17, 15) is 10.5 Å². The number of hydrogen-bond donors (Lipinski definition) is 1. The zero-order valence-electron chi connectivity index (χ0n) is 15.0. The maximum atomic E-state index is 9.81. The maximum Gasteiger partial charge on any atom is 0.101 e. The summed E-state index contributed by atoms with van der Waals surface area (Å²) >= 11 is 0. The minimum Gasteiger partial charge on any atom is -0.400 e. The highest BCUT2D eigenvalue weighted by Crippen LogP contribution is 2.47. The Morgan fingerprint density at radius 3 is 2.32 bits per heavy atom. The van der Waals surface area contributed by atoms with Crippen molar-refractivity contribution in [2.24, 2.45) is 11.7 Å². The average Bonchev–Trinajstić information content (AvgIpc) is 2.86. The first-order valence-corrected chi connectivity index (χ1v) is 9.20. The van der Waals surface area contributed by atoms with Gasteiger partial charge in [-0.25, -0.2) is 0 Å². The summed E-state index contributed by atoms with van der Waals surface area (Å²) < 4.78 is 0. The normalized spacial score (nSPS) is 23.7. The van der Waals surface area contributed by atoms with E-state index >= 15 is 0 Å². The maximum absolute atomic E-state index is 9.81. The molecule has 2 aliphatic carbocycles. The molecule has 1 aromatic rings. The number of allylic oxidation sites excluding steroid dienone is 4. The first kappa shape index (κ1) is 17.3. The summed E-state index contributed by atoms with van der Waals surface area (Å²) in [5.74, 6) is 0.0165. The number of nitrogens with zero attached hydrogens (tertiary/aromatic N) is 2. The van der Waals surface area contributed by atoms with Gasteiger partial charge < -0.3 is 5.73 Å². The second-order valence-corrected chi connectivity index (χ2v) is 7.41. The smallest absolute Gasteiger partial charge is 0.101 e. The van der Waals surface area contributed by atoms with E-state index in [2.05, 4.69) is 50.3 Å². The fourth-order valence-corrected chi connectivity index (χ4v) is 4.20. The lowest BCUT2D eigenvalue weighted by Crippen LogP contribution is -2.27. The van der Waals surface area contributed by atoms with Crippen molar-refractivity contribution >= 4 is 0 Å². The van der Waals surface area contributed by atoms with Crippen LogP contribution >= 0.6 is 0 Å². The molecule has 0 saturated carbocycles. The summed E-state index contributed by atoms with van der Waals surface area (Å²) in [4.78, 5) is 0. The molecule has 0 aliphatic heterocycles. The highest BCUT2D eigenvalue weighted by Gasteiger charge is 2.37. The Balaban J connectivity index is 2.13. The van der Waals surface area contributed by atoms with E-state index in [0.717, 1.165) is 36.8 Å². The Labute approximate surface area is 150 Å². The average molecular weight is 331 g/mol. The first-order valence-electron chi connectivity index (χ1n) is 9.20. The molecule has 2 N–H and O–H groups in total. The lowest BCUT2D eigenvalue weighted by atomic mass is 9.70. The molecular formula is C22H25N3. The van der Waals surface area contributed by atoms with E-state index in [1.807, 2.05) is 0 Å². The summed E-state index contributed by atoms with van der Waals surface area (Å²) in [7, 11) is 0. The number of rotatable bonds is 2. The molecule has 0 heterocycles. The van der Waals surface area contributed by atoms with Gasteiger partial charge in [-0.3, -0.25) is 0 Å². The molecule has 0 amide bonds. The number of nitrogens with two attached hydrogens (primary N) is 1. The van der Waals surface area contributed by atoms with Gasteiger partial charge in [0.2, 0.25) is 0 Å². The van der Waals surface area contributed by atoms with Gasteiger partial charge in [-0.15, -0.1) is 0 Å². The summed E-state index contributed by atoms with van der Waals surface area (Å²) in [6.45, 7) is 4.36. The lowest BCUT2D eigenvalue weighted by molar-refractivity contribution is 0.592. The standard InChI is InChI=1S/C22H25N3/c1-14(2)15-8-10-16(11-9-15)21-18-7-5-3-4-6-17(18)19(12-23)22(25)20(21)13-24/h8-11,14,20-21H,3-7,25H2,1-2H3/t20-,21-/m0/s1. The minimum absolute atomic E-state index is 0.0172. The van der Waals surface area contributed by atoms with Gasteiger partial charge in [-0.1, -0.05) is 50.1 Å². The SMILES string of the molecule is CC(C)c1ccc([C@H]2C3=C(CCCCC3)C(C#N)=C(N)[C@H]2C#N)cc1. The predicted molar refractivity (Wildman–Crippen MR) is 99.3 cm³/mol. The van der Waals surface area contributed by atoms with Crippen LogP contribution in [-0.2, 0) is 0 Å². The molecule has 3 heteroatoms. The number of hydrogen-bond acceptors (Lipinski definition) is 3. The molecule has 25 heavy (non-hydrogen) atoms. The van der Waals surface area contributed by atoms with Gasteiger partial charge >= 0.3 is 0 Å². The van der Waals surface area contributed by atoms with Gasteiger partial charge in [0.05, 0.1) is 17.6 Å². The lowest BCUT2D eigenvalue weighted by Gasteiger charge is -2.33. The van der Waals surface area contributed by atoms with Gasteiger partial charge in [-0.05, 0) is 48.3 Å². The molecular weight excluding hydrogens is 306 g/mol. The Kier molecular flexibility index (Phi) is 4.95. The molecule has 0 spiro atoms. The van der Waals surface area contributed by atoms with Crippen LogP contribution in [0.1, 0.15) is 68.9 Å². The largest absolute Gasteiger partial charge is 0.400 e. The zero-order valence-corrected chi connectivity index (χ0v) is 15.0. The van der Waals surface area contributed by atoms with Crippen molar-refractivity contribution in [1.29, 1.82) is 10.5 Å². The quantitative estimate of drug-likeness (QED) is 0.824. The Bertz CT molecular complexity index is 797. The third-order valence-corrected chi connectivity index (χ3v) is 5.61. The Morgan fingerprint density at radius 2 is 1.72 bits per heavy atom. The van der Waals surface area contributed by atoms with Crippen molar-refractivity contribution in [3.8, 4) is 12.1 Å². The van der Waals surface area contributed by atoms with Crippen LogP contribution in [0.5, 0.6) is 0 Å². The van der Waals surface area contributed by atoms with Crippen molar-refractivity contribution < 1.29 is 0 Å². The third kappa shape index (κ3) is 3.08. The minimum atomic E-state index is -0.448. The zero-order chi connectivity index (χ0) is 18.0. The third-order valence-electron chi connectivity index (χ3n) is 5.61. The van der Waals surface area contributed by atoms with Gasteiger partial charge in [0.15, 0.2) is 0 Å². The van der Waals surface area contributed by atoms with E-state index in [0.29, 0.717) is 17.2 Å². The molecule has 3 rings (SSSR count). The fourth-order valence-electron chi connectivity index (χ4n) is 4.20. The fraction of sp³-hybridized carbons (Fsp3) is 0.455. The summed E-state index contributed by atoms with van der Waals surface area (Å²) in [5, 5.41) is 19.4. The van der Waals surface area contributed by atoms with Gasteiger partial charge in [0, 0.05) is 11.6 Å². The molecule has 1 aromatic carbocycles. The van der Waals surface area contributed by atoms with E-state index in [1.165, 1.54) is 17.6 Å². The van der Waals surface area contributed by atoms with Crippen molar-refractivity contribution in [2.45, 2.75) is 57.8 Å². The van der Waals surface area contributed by atoms with Crippen molar-refractivity contribution in [1.82, 2.24) is 0 Å². The summed E-state index contributed by atoms with van der Waals surface area (Å²) in [5.41, 5.74) is 12.2. The molecule has 2 aliphatic rings. The second-order valence-electron chi connectivity index (χ2n) is 7.41. The highest BCUT2D eigenvalue weighted by atomic mass is 14.6. The molecule has 0 bridgehead atoms. The van der Waals surface area contributed by atoms with E-state index < -0.39 is 5.92 Å². The van der Waals surface area contributed by atoms with Crippen molar-refractivity contribution in [3.63, 3.8) is 0 Å². The van der Waals surface area contributed by atoms with Crippen molar-refractivity contribution in [2.75, 3.05) is 0 Å². The first-order chi connectivity index (χ1) is 12.1.